The summed E-state index contributed by atoms with van der Waals surface area (Å²) in [7, 11) is 1.85. The minimum atomic E-state index is -0.194. The number of halogens is 1. The summed E-state index contributed by atoms with van der Waals surface area (Å²) in [6, 6.07) is 10.7. The van der Waals surface area contributed by atoms with Crippen LogP contribution in [0.1, 0.15) is 0 Å². The Kier molecular flexibility index (Phi) is 1.89. The van der Waals surface area contributed by atoms with Gasteiger partial charge in [-0.3, -0.25) is 0 Å². The van der Waals surface area contributed by atoms with E-state index in [-0.39, 0.29) is 5.82 Å². The van der Waals surface area contributed by atoms with Gasteiger partial charge >= 0.3 is 0 Å². The molecule has 1 N–H and O–H groups in total. The van der Waals surface area contributed by atoms with E-state index in [0.717, 1.165) is 16.5 Å². The molecule has 0 bridgehead atoms. The zero-order valence-electron chi connectivity index (χ0n) is 7.34. The first kappa shape index (κ1) is 8.05. The molecule has 0 unspecified atom stereocenters. The minimum Gasteiger partial charge on any atom is -0.388 e. The molecular formula is C11H10FN. The van der Waals surface area contributed by atoms with Crippen LogP contribution in [0.15, 0.2) is 36.4 Å². The zero-order valence-corrected chi connectivity index (χ0v) is 7.34. The van der Waals surface area contributed by atoms with Gasteiger partial charge in [0.25, 0.3) is 0 Å². The second-order valence-corrected chi connectivity index (χ2v) is 2.96. The summed E-state index contributed by atoms with van der Waals surface area (Å²) in [5, 5.41) is 5.00. The average Bonchev–Trinajstić information content (AvgIpc) is 2.16. The molecule has 0 radical (unpaired) electrons. The van der Waals surface area contributed by atoms with E-state index in [2.05, 4.69) is 5.32 Å². The second kappa shape index (κ2) is 3.05. The third-order valence-corrected chi connectivity index (χ3v) is 2.09. The summed E-state index contributed by atoms with van der Waals surface area (Å²) in [4.78, 5) is 0. The molecule has 2 aromatic carbocycles. The molecule has 0 saturated heterocycles. The standard InChI is InChI=1S/C11H10FN/c1-13-11-5-3-8-2-4-10(12)6-9(8)7-11/h2-7,13H,1H3. The van der Waals surface area contributed by atoms with Crippen LogP contribution in [0.3, 0.4) is 0 Å². The lowest BCUT2D eigenvalue weighted by Gasteiger charge is -2.02. The molecule has 0 atom stereocenters. The van der Waals surface area contributed by atoms with Gasteiger partial charge in [0.2, 0.25) is 0 Å². The van der Waals surface area contributed by atoms with Gasteiger partial charge in [-0.05, 0) is 35.0 Å². The first-order valence-electron chi connectivity index (χ1n) is 4.17. The third kappa shape index (κ3) is 1.47. The zero-order chi connectivity index (χ0) is 9.26. The first-order valence-corrected chi connectivity index (χ1v) is 4.17. The molecule has 0 aliphatic rings. The Balaban J connectivity index is 2.68. The van der Waals surface area contributed by atoms with E-state index in [1.165, 1.54) is 12.1 Å². The summed E-state index contributed by atoms with van der Waals surface area (Å²) < 4.78 is 12.9. The van der Waals surface area contributed by atoms with Gasteiger partial charge in [0.05, 0.1) is 0 Å². The molecule has 0 aliphatic heterocycles. The molecule has 0 fully saturated rings. The lowest BCUT2D eigenvalue weighted by atomic mass is 10.1. The van der Waals surface area contributed by atoms with Crippen molar-refractivity contribution in [3.8, 4) is 0 Å². The molecule has 0 aromatic heterocycles. The predicted octanol–water partition coefficient (Wildman–Crippen LogP) is 3.02. The maximum atomic E-state index is 12.9. The SMILES string of the molecule is CNc1ccc2ccc(F)cc2c1. The lowest BCUT2D eigenvalue weighted by molar-refractivity contribution is 0.630. The van der Waals surface area contributed by atoms with Crippen molar-refractivity contribution in [2.24, 2.45) is 0 Å². The second-order valence-electron chi connectivity index (χ2n) is 2.96. The highest BCUT2D eigenvalue weighted by Gasteiger charge is 1.96. The van der Waals surface area contributed by atoms with Crippen molar-refractivity contribution in [2.75, 3.05) is 12.4 Å². The number of hydrogen-bond acceptors (Lipinski definition) is 1. The van der Waals surface area contributed by atoms with Crippen LogP contribution in [0.4, 0.5) is 10.1 Å². The number of nitrogens with one attached hydrogen (secondary N) is 1. The van der Waals surface area contributed by atoms with Crippen LogP contribution in [-0.4, -0.2) is 7.05 Å². The van der Waals surface area contributed by atoms with Crippen molar-refractivity contribution in [1.29, 1.82) is 0 Å². The smallest absolute Gasteiger partial charge is 0.123 e. The Morgan fingerprint density at radius 3 is 2.54 bits per heavy atom. The van der Waals surface area contributed by atoms with Crippen LogP contribution in [0.2, 0.25) is 0 Å². The maximum Gasteiger partial charge on any atom is 0.123 e. The Hall–Kier alpha value is -1.57. The predicted molar refractivity (Wildman–Crippen MR) is 53.5 cm³/mol. The van der Waals surface area contributed by atoms with Gasteiger partial charge in [0.1, 0.15) is 5.82 Å². The molecule has 2 heteroatoms. The summed E-state index contributed by atoms with van der Waals surface area (Å²) in [6.07, 6.45) is 0. The Morgan fingerprint density at radius 1 is 1.00 bits per heavy atom. The molecule has 0 aliphatic carbocycles. The number of rotatable bonds is 1. The highest BCUT2D eigenvalue weighted by Crippen LogP contribution is 2.19. The molecule has 0 heterocycles. The van der Waals surface area contributed by atoms with Gasteiger partial charge in [-0.2, -0.15) is 0 Å². The Bertz CT molecular complexity index is 437. The number of hydrogen-bond donors (Lipinski definition) is 1. The highest BCUT2D eigenvalue weighted by atomic mass is 19.1. The molecule has 2 aromatic rings. The molecule has 0 spiro atoms. The van der Waals surface area contributed by atoms with Gasteiger partial charge in [0.15, 0.2) is 0 Å². The van der Waals surface area contributed by atoms with Gasteiger partial charge < -0.3 is 5.32 Å². The highest BCUT2D eigenvalue weighted by molar-refractivity contribution is 5.85. The fourth-order valence-electron chi connectivity index (χ4n) is 1.37. The molecular weight excluding hydrogens is 165 g/mol. The lowest BCUT2D eigenvalue weighted by Crippen LogP contribution is -1.87. The van der Waals surface area contributed by atoms with Crippen LogP contribution in [0.5, 0.6) is 0 Å². The van der Waals surface area contributed by atoms with Crippen molar-refractivity contribution in [2.45, 2.75) is 0 Å². The quantitative estimate of drug-likeness (QED) is 0.702. The molecule has 0 saturated carbocycles. The van der Waals surface area contributed by atoms with Crippen molar-refractivity contribution in [3.63, 3.8) is 0 Å². The van der Waals surface area contributed by atoms with E-state index in [1.54, 1.807) is 6.07 Å². The summed E-state index contributed by atoms with van der Waals surface area (Å²) in [5.74, 6) is -0.194. The first-order chi connectivity index (χ1) is 6.29. The van der Waals surface area contributed by atoms with E-state index < -0.39 is 0 Å². The molecule has 13 heavy (non-hydrogen) atoms. The molecule has 0 amide bonds. The maximum absolute atomic E-state index is 12.9. The summed E-state index contributed by atoms with van der Waals surface area (Å²) in [5.41, 5.74) is 0.998. The minimum absolute atomic E-state index is 0.194. The molecule has 66 valence electrons. The molecule has 1 nitrogen and oxygen atoms in total. The van der Waals surface area contributed by atoms with Gasteiger partial charge in [-0.1, -0.05) is 12.1 Å². The van der Waals surface area contributed by atoms with E-state index >= 15 is 0 Å². The van der Waals surface area contributed by atoms with E-state index in [0.29, 0.717) is 0 Å². The van der Waals surface area contributed by atoms with Crippen LogP contribution in [0, 0.1) is 5.82 Å². The summed E-state index contributed by atoms with van der Waals surface area (Å²) >= 11 is 0. The fourth-order valence-corrected chi connectivity index (χ4v) is 1.37. The van der Waals surface area contributed by atoms with Gasteiger partial charge in [0, 0.05) is 12.7 Å². The monoisotopic (exact) mass is 175 g/mol. The van der Waals surface area contributed by atoms with Gasteiger partial charge in [-0.25, -0.2) is 4.39 Å². The number of fused-ring (bicyclic) bond motifs is 1. The molecule has 2 rings (SSSR count). The number of benzene rings is 2. The van der Waals surface area contributed by atoms with Crippen LogP contribution < -0.4 is 5.32 Å². The van der Waals surface area contributed by atoms with Crippen molar-refractivity contribution >= 4 is 16.5 Å². The van der Waals surface area contributed by atoms with Crippen molar-refractivity contribution in [3.05, 3.63) is 42.2 Å². The van der Waals surface area contributed by atoms with Crippen molar-refractivity contribution in [1.82, 2.24) is 0 Å². The van der Waals surface area contributed by atoms with Crippen molar-refractivity contribution < 1.29 is 4.39 Å². The van der Waals surface area contributed by atoms with E-state index in [1.807, 2.05) is 25.2 Å². The van der Waals surface area contributed by atoms with E-state index in [9.17, 15) is 4.39 Å². The fraction of sp³-hybridized carbons (Fsp3) is 0.0909. The average molecular weight is 175 g/mol. The van der Waals surface area contributed by atoms with E-state index in [4.69, 9.17) is 0 Å². The number of anilines is 1. The largest absolute Gasteiger partial charge is 0.388 e. The Labute approximate surface area is 76.2 Å². The van der Waals surface area contributed by atoms with Crippen LogP contribution in [-0.2, 0) is 0 Å². The topological polar surface area (TPSA) is 12.0 Å². The summed E-state index contributed by atoms with van der Waals surface area (Å²) in [6.45, 7) is 0. The Morgan fingerprint density at radius 2 is 1.77 bits per heavy atom. The van der Waals surface area contributed by atoms with Crippen LogP contribution >= 0.6 is 0 Å². The van der Waals surface area contributed by atoms with Crippen LogP contribution in [0.25, 0.3) is 10.8 Å². The third-order valence-electron chi connectivity index (χ3n) is 2.09. The van der Waals surface area contributed by atoms with Gasteiger partial charge in [-0.15, -0.1) is 0 Å². The normalized spacial score (nSPS) is 10.3.